The van der Waals surface area contributed by atoms with Crippen LogP contribution in [0, 0.1) is 12.8 Å². The number of rotatable bonds is 3. The van der Waals surface area contributed by atoms with Gasteiger partial charge in [0.15, 0.2) is 0 Å². The molecule has 2 aliphatic rings. The van der Waals surface area contributed by atoms with Crippen LogP contribution in [0.1, 0.15) is 42.8 Å². The van der Waals surface area contributed by atoms with E-state index < -0.39 is 0 Å². The van der Waals surface area contributed by atoms with Crippen LogP contribution in [0.15, 0.2) is 5.38 Å². The van der Waals surface area contributed by atoms with E-state index in [0.717, 1.165) is 37.4 Å². The highest BCUT2D eigenvalue weighted by Crippen LogP contribution is 2.34. The lowest BCUT2D eigenvalue weighted by molar-refractivity contribution is -0.122. The minimum atomic E-state index is 0.312. The van der Waals surface area contributed by atoms with Gasteiger partial charge >= 0.3 is 0 Å². The first-order valence-electron chi connectivity index (χ1n) is 6.92. The van der Waals surface area contributed by atoms with E-state index in [1.807, 2.05) is 0 Å². The summed E-state index contributed by atoms with van der Waals surface area (Å²) in [4.78, 5) is 19.0. The number of Topliss-reactive ketones (excluding diaryl/α,β-unsaturated/α-hetero) is 1. The van der Waals surface area contributed by atoms with E-state index in [9.17, 15) is 4.79 Å². The van der Waals surface area contributed by atoms with Crippen LogP contribution in [0.2, 0.25) is 0 Å². The third-order valence-electron chi connectivity index (χ3n) is 4.26. The van der Waals surface area contributed by atoms with Crippen LogP contribution in [0.5, 0.6) is 0 Å². The first-order chi connectivity index (χ1) is 8.74. The van der Waals surface area contributed by atoms with E-state index in [4.69, 9.17) is 0 Å². The van der Waals surface area contributed by atoms with Crippen LogP contribution in [0.3, 0.4) is 0 Å². The third kappa shape index (κ3) is 2.36. The maximum Gasteiger partial charge on any atom is 0.137 e. The summed E-state index contributed by atoms with van der Waals surface area (Å²) < 4.78 is 0. The average molecular weight is 264 g/mol. The fraction of sp³-hybridized carbons (Fsp3) is 0.714. The number of aryl methyl sites for hydroxylation is 1. The molecular weight excluding hydrogens is 244 g/mol. The normalized spacial score (nSPS) is 29.3. The summed E-state index contributed by atoms with van der Waals surface area (Å²) in [6, 6.07) is 0.488. The Morgan fingerprint density at radius 3 is 3.00 bits per heavy atom. The first kappa shape index (κ1) is 12.3. The van der Waals surface area contributed by atoms with Crippen LogP contribution < -0.4 is 0 Å². The SMILES string of the molecule is Cc1nc(CN2CCCC2C2CCCC2=O)cs1. The average Bonchev–Trinajstić information content (AvgIpc) is 3.02. The van der Waals surface area contributed by atoms with Gasteiger partial charge in [-0.25, -0.2) is 4.98 Å². The molecule has 1 aromatic rings. The molecule has 0 spiro atoms. The molecule has 0 N–H and O–H groups in total. The predicted octanol–water partition coefficient (Wildman–Crippen LogP) is 2.79. The molecule has 0 radical (unpaired) electrons. The van der Waals surface area contributed by atoms with Crippen LogP contribution in [-0.2, 0) is 11.3 Å². The number of carbonyl (C=O) groups excluding carboxylic acids is 1. The number of nitrogens with zero attached hydrogens (tertiary/aromatic N) is 2. The Kier molecular flexibility index (Phi) is 3.48. The molecule has 0 bridgehead atoms. The maximum atomic E-state index is 11.9. The molecule has 1 aromatic heterocycles. The highest BCUT2D eigenvalue weighted by molar-refractivity contribution is 7.09. The summed E-state index contributed by atoms with van der Waals surface area (Å²) in [7, 11) is 0. The largest absolute Gasteiger partial charge is 0.299 e. The quantitative estimate of drug-likeness (QED) is 0.841. The number of likely N-dealkylation sites (tertiary alicyclic amines) is 1. The van der Waals surface area contributed by atoms with Crippen molar-refractivity contribution < 1.29 is 4.79 Å². The Morgan fingerprint density at radius 2 is 2.33 bits per heavy atom. The van der Waals surface area contributed by atoms with Crippen molar-refractivity contribution in [2.75, 3.05) is 6.54 Å². The van der Waals surface area contributed by atoms with E-state index in [1.165, 1.54) is 18.5 Å². The van der Waals surface area contributed by atoms with Crippen LogP contribution in [0.25, 0.3) is 0 Å². The van der Waals surface area contributed by atoms with Gasteiger partial charge in [-0.3, -0.25) is 9.69 Å². The van der Waals surface area contributed by atoms with Crippen molar-refractivity contribution in [3.8, 4) is 0 Å². The molecule has 1 aliphatic carbocycles. The van der Waals surface area contributed by atoms with Crippen LogP contribution >= 0.6 is 11.3 Å². The molecule has 2 fully saturated rings. The number of hydrogen-bond donors (Lipinski definition) is 0. The molecule has 1 aliphatic heterocycles. The Labute approximate surface area is 112 Å². The minimum Gasteiger partial charge on any atom is -0.299 e. The lowest BCUT2D eigenvalue weighted by Gasteiger charge is -2.27. The van der Waals surface area contributed by atoms with Crippen molar-refractivity contribution in [2.24, 2.45) is 5.92 Å². The van der Waals surface area contributed by atoms with Crippen molar-refractivity contribution >= 4 is 17.1 Å². The van der Waals surface area contributed by atoms with Crippen molar-refractivity contribution in [3.05, 3.63) is 16.1 Å². The molecule has 98 valence electrons. The first-order valence-corrected chi connectivity index (χ1v) is 7.80. The maximum absolute atomic E-state index is 11.9. The molecule has 2 heterocycles. The fourth-order valence-electron chi connectivity index (χ4n) is 3.44. The molecule has 0 aromatic carbocycles. The Hall–Kier alpha value is -0.740. The zero-order valence-electron chi connectivity index (χ0n) is 10.9. The molecule has 18 heavy (non-hydrogen) atoms. The van der Waals surface area contributed by atoms with Gasteiger partial charge in [0.2, 0.25) is 0 Å². The van der Waals surface area contributed by atoms with E-state index in [0.29, 0.717) is 17.7 Å². The van der Waals surface area contributed by atoms with Crippen molar-refractivity contribution in [1.82, 2.24) is 9.88 Å². The third-order valence-corrected chi connectivity index (χ3v) is 5.08. The second-order valence-electron chi connectivity index (χ2n) is 5.50. The second kappa shape index (κ2) is 5.10. The summed E-state index contributed by atoms with van der Waals surface area (Å²) in [5.41, 5.74) is 1.18. The Balaban J connectivity index is 1.69. The topological polar surface area (TPSA) is 33.2 Å². The highest BCUT2D eigenvalue weighted by Gasteiger charge is 2.37. The van der Waals surface area contributed by atoms with Gasteiger partial charge in [0.25, 0.3) is 0 Å². The zero-order chi connectivity index (χ0) is 12.5. The minimum absolute atomic E-state index is 0.312. The number of hydrogen-bond acceptors (Lipinski definition) is 4. The van der Waals surface area contributed by atoms with Gasteiger partial charge in [0.1, 0.15) is 5.78 Å². The molecule has 3 rings (SSSR count). The van der Waals surface area contributed by atoms with Gasteiger partial charge in [-0.2, -0.15) is 0 Å². The van der Waals surface area contributed by atoms with E-state index >= 15 is 0 Å². The summed E-state index contributed by atoms with van der Waals surface area (Å²) in [5, 5.41) is 3.29. The molecule has 3 nitrogen and oxygen atoms in total. The van der Waals surface area contributed by atoms with E-state index in [-0.39, 0.29) is 0 Å². The van der Waals surface area contributed by atoms with Crippen molar-refractivity contribution in [1.29, 1.82) is 0 Å². The summed E-state index contributed by atoms with van der Waals surface area (Å²) in [6.45, 7) is 4.11. The van der Waals surface area contributed by atoms with E-state index in [1.54, 1.807) is 11.3 Å². The molecular formula is C14H20N2OS. The standard InChI is InChI=1S/C14H20N2OS/c1-10-15-11(9-18-10)8-16-7-3-5-13(16)12-4-2-6-14(12)17/h9,12-13H,2-8H2,1H3. The number of ketones is 1. The fourth-order valence-corrected chi connectivity index (χ4v) is 4.05. The van der Waals surface area contributed by atoms with E-state index in [2.05, 4.69) is 22.2 Å². The number of thiazole rings is 1. The smallest absolute Gasteiger partial charge is 0.137 e. The van der Waals surface area contributed by atoms with Crippen molar-refractivity contribution in [3.63, 3.8) is 0 Å². The molecule has 1 saturated carbocycles. The molecule has 4 heteroatoms. The number of aromatic nitrogens is 1. The van der Waals surface area contributed by atoms with Crippen LogP contribution in [0.4, 0.5) is 0 Å². The lowest BCUT2D eigenvalue weighted by atomic mass is 9.95. The molecule has 1 saturated heterocycles. The summed E-state index contributed by atoms with van der Waals surface area (Å²) in [5.74, 6) is 0.814. The van der Waals surface area contributed by atoms with Crippen molar-refractivity contribution in [2.45, 2.75) is 51.6 Å². The van der Waals surface area contributed by atoms with Gasteiger partial charge in [-0.05, 0) is 39.2 Å². The molecule has 2 unspecified atom stereocenters. The summed E-state index contributed by atoms with van der Waals surface area (Å²) >= 11 is 1.72. The lowest BCUT2D eigenvalue weighted by Crippen LogP contribution is -2.37. The monoisotopic (exact) mass is 264 g/mol. The molecule has 2 atom stereocenters. The Bertz CT molecular complexity index is 443. The summed E-state index contributed by atoms with van der Waals surface area (Å²) in [6.07, 6.45) is 5.45. The van der Waals surface area contributed by atoms with Crippen LogP contribution in [-0.4, -0.2) is 28.3 Å². The molecule has 0 amide bonds. The van der Waals surface area contributed by atoms with Gasteiger partial charge in [-0.15, -0.1) is 11.3 Å². The van der Waals surface area contributed by atoms with Gasteiger partial charge in [-0.1, -0.05) is 0 Å². The van der Waals surface area contributed by atoms with Gasteiger partial charge < -0.3 is 0 Å². The predicted molar refractivity (Wildman–Crippen MR) is 72.6 cm³/mol. The number of carbonyl (C=O) groups is 1. The van der Waals surface area contributed by atoms with Gasteiger partial charge in [0, 0.05) is 30.3 Å². The highest BCUT2D eigenvalue weighted by atomic mass is 32.1. The zero-order valence-corrected chi connectivity index (χ0v) is 11.7. The Morgan fingerprint density at radius 1 is 1.44 bits per heavy atom. The second-order valence-corrected chi connectivity index (χ2v) is 6.57. The van der Waals surface area contributed by atoms with Gasteiger partial charge in [0.05, 0.1) is 10.7 Å².